The van der Waals surface area contributed by atoms with E-state index in [1.54, 1.807) is 6.92 Å². The van der Waals surface area contributed by atoms with Gasteiger partial charge in [-0.3, -0.25) is 9.59 Å². The summed E-state index contributed by atoms with van der Waals surface area (Å²) in [6.07, 6.45) is 2.00. The SMILES string of the molecule is CC1CCC[C](C(=O)O)C1C(=O)O. The van der Waals surface area contributed by atoms with Gasteiger partial charge in [0.1, 0.15) is 0 Å². The van der Waals surface area contributed by atoms with Gasteiger partial charge in [-0.15, -0.1) is 0 Å². The minimum Gasteiger partial charge on any atom is -0.481 e. The van der Waals surface area contributed by atoms with Crippen molar-refractivity contribution in [1.82, 2.24) is 0 Å². The Morgan fingerprint density at radius 3 is 2.38 bits per heavy atom. The molecule has 13 heavy (non-hydrogen) atoms. The summed E-state index contributed by atoms with van der Waals surface area (Å²) < 4.78 is 0. The normalized spacial score (nSPS) is 29.9. The van der Waals surface area contributed by atoms with Gasteiger partial charge in [0.15, 0.2) is 0 Å². The second kappa shape index (κ2) is 3.77. The zero-order valence-corrected chi connectivity index (χ0v) is 7.49. The lowest BCUT2D eigenvalue weighted by molar-refractivity contribution is -0.148. The smallest absolute Gasteiger partial charge is 0.311 e. The maximum absolute atomic E-state index is 10.8. The second-order valence-electron chi connectivity index (χ2n) is 3.52. The number of carbonyl (C=O) groups is 2. The van der Waals surface area contributed by atoms with Gasteiger partial charge in [0, 0.05) is 0 Å². The number of aliphatic carboxylic acids is 2. The van der Waals surface area contributed by atoms with Crippen LogP contribution in [0.5, 0.6) is 0 Å². The minimum atomic E-state index is -1.06. The van der Waals surface area contributed by atoms with Crippen LogP contribution < -0.4 is 0 Å². The zero-order valence-electron chi connectivity index (χ0n) is 7.49. The molecule has 0 aromatic heterocycles. The fourth-order valence-electron chi connectivity index (χ4n) is 1.91. The number of carboxylic acids is 2. The maximum atomic E-state index is 10.8. The van der Waals surface area contributed by atoms with Gasteiger partial charge < -0.3 is 10.2 Å². The Balaban J connectivity index is 2.80. The molecular formula is C9H13O4. The summed E-state index contributed by atoms with van der Waals surface area (Å²) in [7, 11) is 0. The van der Waals surface area contributed by atoms with Crippen LogP contribution >= 0.6 is 0 Å². The summed E-state index contributed by atoms with van der Waals surface area (Å²) in [4.78, 5) is 21.5. The molecule has 0 amide bonds. The summed E-state index contributed by atoms with van der Waals surface area (Å²) in [5.74, 6) is -2.75. The fourth-order valence-corrected chi connectivity index (χ4v) is 1.91. The summed E-state index contributed by atoms with van der Waals surface area (Å²) in [6, 6.07) is 0. The van der Waals surface area contributed by atoms with E-state index in [0.29, 0.717) is 6.42 Å². The molecule has 0 spiro atoms. The van der Waals surface area contributed by atoms with Gasteiger partial charge in [-0.2, -0.15) is 0 Å². The first-order valence-electron chi connectivity index (χ1n) is 4.36. The highest BCUT2D eigenvalue weighted by Gasteiger charge is 2.40. The molecule has 0 aromatic rings. The Morgan fingerprint density at radius 1 is 1.38 bits per heavy atom. The number of rotatable bonds is 2. The van der Waals surface area contributed by atoms with Crippen LogP contribution in [0.4, 0.5) is 0 Å². The molecule has 4 heteroatoms. The van der Waals surface area contributed by atoms with E-state index in [1.807, 2.05) is 0 Å². The Morgan fingerprint density at radius 2 is 2.00 bits per heavy atom. The monoisotopic (exact) mass is 185 g/mol. The van der Waals surface area contributed by atoms with Crippen LogP contribution in [0.25, 0.3) is 0 Å². The van der Waals surface area contributed by atoms with Crippen LogP contribution in [0.15, 0.2) is 0 Å². The summed E-state index contributed by atoms with van der Waals surface area (Å²) in [5, 5.41) is 17.6. The van der Waals surface area contributed by atoms with Crippen molar-refractivity contribution < 1.29 is 19.8 Å². The molecule has 2 unspecified atom stereocenters. The summed E-state index contributed by atoms with van der Waals surface area (Å²) in [5.41, 5.74) is 0. The van der Waals surface area contributed by atoms with Gasteiger partial charge >= 0.3 is 11.9 Å². The number of hydrogen-bond donors (Lipinski definition) is 2. The quantitative estimate of drug-likeness (QED) is 0.677. The third-order valence-corrected chi connectivity index (χ3v) is 2.59. The van der Waals surface area contributed by atoms with Crippen LogP contribution in [0.3, 0.4) is 0 Å². The lowest BCUT2D eigenvalue weighted by Gasteiger charge is -2.30. The molecule has 1 radical (unpaired) electrons. The molecule has 0 aliphatic heterocycles. The molecule has 1 rings (SSSR count). The molecule has 73 valence electrons. The van der Waals surface area contributed by atoms with Crippen molar-refractivity contribution in [2.24, 2.45) is 11.8 Å². The molecule has 2 N–H and O–H groups in total. The molecule has 0 heterocycles. The van der Waals surface area contributed by atoms with Crippen molar-refractivity contribution in [3.8, 4) is 0 Å². The summed E-state index contributed by atoms with van der Waals surface area (Å²) in [6.45, 7) is 1.79. The molecule has 1 aliphatic rings. The van der Waals surface area contributed by atoms with Gasteiger partial charge in [0.2, 0.25) is 0 Å². The van der Waals surface area contributed by atoms with E-state index in [9.17, 15) is 9.59 Å². The van der Waals surface area contributed by atoms with Crippen molar-refractivity contribution in [2.75, 3.05) is 0 Å². The van der Waals surface area contributed by atoms with E-state index in [-0.39, 0.29) is 11.8 Å². The lowest BCUT2D eigenvalue weighted by atomic mass is 9.73. The predicted octanol–water partition coefficient (Wildman–Crippen LogP) is 1.17. The third-order valence-electron chi connectivity index (χ3n) is 2.59. The van der Waals surface area contributed by atoms with Crippen LogP contribution in [-0.2, 0) is 9.59 Å². The topological polar surface area (TPSA) is 74.6 Å². The highest BCUT2D eigenvalue weighted by molar-refractivity contribution is 5.90. The van der Waals surface area contributed by atoms with Crippen molar-refractivity contribution in [3.63, 3.8) is 0 Å². The van der Waals surface area contributed by atoms with E-state index < -0.39 is 17.9 Å². The second-order valence-corrected chi connectivity index (χ2v) is 3.52. The van der Waals surface area contributed by atoms with Crippen LogP contribution in [0, 0.1) is 17.8 Å². The molecule has 0 saturated heterocycles. The van der Waals surface area contributed by atoms with Gasteiger partial charge in [0.25, 0.3) is 0 Å². The van der Waals surface area contributed by atoms with Crippen molar-refractivity contribution in [3.05, 3.63) is 5.92 Å². The first-order valence-corrected chi connectivity index (χ1v) is 4.36. The van der Waals surface area contributed by atoms with Crippen molar-refractivity contribution >= 4 is 11.9 Å². The molecule has 2 atom stereocenters. The van der Waals surface area contributed by atoms with E-state index >= 15 is 0 Å². The van der Waals surface area contributed by atoms with Crippen LogP contribution in [0.2, 0.25) is 0 Å². The molecular weight excluding hydrogens is 172 g/mol. The standard InChI is InChI=1S/C9H13O4/c1-5-3-2-4-6(8(10)11)7(5)9(12)13/h5,7H,2-4H2,1H3,(H,10,11)(H,12,13). The Hall–Kier alpha value is -1.06. The maximum Gasteiger partial charge on any atom is 0.311 e. The lowest BCUT2D eigenvalue weighted by Crippen LogP contribution is -2.35. The average Bonchev–Trinajstić information content (AvgIpc) is 2.02. The predicted molar refractivity (Wildman–Crippen MR) is 45.0 cm³/mol. The Kier molecular flexibility index (Phi) is 2.90. The fraction of sp³-hybridized carbons (Fsp3) is 0.667. The van der Waals surface area contributed by atoms with E-state index in [4.69, 9.17) is 10.2 Å². The van der Waals surface area contributed by atoms with Crippen molar-refractivity contribution in [1.29, 1.82) is 0 Å². The van der Waals surface area contributed by atoms with Gasteiger partial charge in [-0.05, 0) is 18.8 Å². The van der Waals surface area contributed by atoms with Crippen LogP contribution in [-0.4, -0.2) is 22.2 Å². The third kappa shape index (κ3) is 1.99. The van der Waals surface area contributed by atoms with E-state index in [2.05, 4.69) is 0 Å². The van der Waals surface area contributed by atoms with Gasteiger partial charge in [-0.25, -0.2) is 0 Å². The first kappa shape index (κ1) is 10.0. The molecule has 1 fully saturated rings. The minimum absolute atomic E-state index is 0.0580. The Labute approximate surface area is 76.6 Å². The molecule has 0 aromatic carbocycles. The van der Waals surface area contributed by atoms with Gasteiger partial charge in [0.05, 0.1) is 11.8 Å². The van der Waals surface area contributed by atoms with Crippen molar-refractivity contribution in [2.45, 2.75) is 26.2 Å². The highest BCUT2D eigenvalue weighted by Crippen LogP contribution is 2.36. The Bertz CT molecular complexity index is 224. The van der Waals surface area contributed by atoms with Gasteiger partial charge in [-0.1, -0.05) is 13.3 Å². The van der Waals surface area contributed by atoms with E-state index in [1.165, 1.54) is 0 Å². The molecule has 0 bridgehead atoms. The zero-order chi connectivity index (χ0) is 10.0. The van der Waals surface area contributed by atoms with Crippen LogP contribution in [0.1, 0.15) is 26.2 Å². The highest BCUT2D eigenvalue weighted by atomic mass is 16.4. The average molecular weight is 185 g/mol. The van der Waals surface area contributed by atoms with E-state index in [0.717, 1.165) is 12.8 Å². The first-order chi connectivity index (χ1) is 6.04. The summed E-state index contributed by atoms with van der Waals surface area (Å²) >= 11 is 0. The largest absolute Gasteiger partial charge is 0.481 e. The molecule has 1 aliphatic carbocycles. The molecule has 1 saturated carbocycles. The molecule has 4 nitrogen and oxygen atoms in total. The number of hydrogen-bond acceptors (Lipinski definition) is 2. The number of carboxylic acid groups (broad SMARTS) is 2.